The lowest BCUT2D eigenvalue weighted by Crippen LogP contribution is -2.23. The summed E-state index contributed by atoms with van der Waals surface area (Å²) in [6.07, 6.45) is 0. The van der Waals surface area contributed by atoms with Crippen molar-refractivity contribution >= 4 is 11.6 Å². The molecule has 0 saturated heterocycles. The van der Waals surface area contributed by atoms with Crippen LogP contribution >= 0.6 is 11.6 Å². The molecule has 0 aliphatic heterocycles. The molecule has 0 spiro atoms. The Labute approximate surface area is 102 Å². The molecule has 0 aliphatic rings. The molecule has 1 heterocycles. The molecular formula is C11H20ClN3O. The molecule has 0 bridgehead atoms. The van der Waals surface area contributed by atoms with E-state index < -0.39 is 0 Å². The van der Waals surface area contributed by atoms with Gasteiger partial charge in [-0.15, -0.1) is 10.2 Å². The minimum atomic E-state index is -0.0688. The molecule has 16 heavy (non-hydrogen) atoms. The maximum atomic E-state index is 6.06. The third-order valence-electron chi connectivity index (χ3n) is 2.33. The second-order valence-electron chi connectivity index (χ2n) is 4.92. The molecule has 1 unspecified atom stereocenters. The average molecular weight is 246 g/mol. The fourth-order valence-electron chi connectivity index (χ4n) is 1.54. The van der Waals surface area contributed by atoms with Gasteiger partial charge in [-0.3, -0.25) is 4.57 Å². The van der Waals surface area contributed by atoms with Gasteiger partial charge in [0, 0.05) is 12.0 Å². The van der Waals surface area contributed by atoms with E-state index in [0.29, 0.717) is 18.5 Å². The van der Waals surface area contributed by atoms with Crippen LogP contribution in [-0.4, -0.2) is 28.0 Å². The van der Waals surface area contributed by atoms with Crippen molar-refractivity contribution in [1.82, 2.24) is 14.8 Å². The van der Waals surface area contributed by atoms with Crippen molar-refractivity contribution in [3.63, 3.8) is 0 Å². The highest BCUT2D eigenvalue weighted by Gasteiger charge is 2.25. The Morgan fingerprint density at radius 2 is 2.00 bits per heavy atom. The zero-order chi connectivity index (χ0) is 12.3. The normalized spacial score (nSPS) is 14.1. The molecule has 0 fully saturated rings. The predicted octanol–water partition coefficient (Wildman–Crippen LogP) is 2.83. The molecule has 1 aromatic rings. The first-order valence-electron chi connectivity index (χ1n) is 5.56. The largest absolute Gasteiger partial charge is 0.380 e. The molecule has 92 valence electrons. The summed E-state index contributed by atoms with van der Waals surface area (Å²) < 4.78 is 7.35. The van der Waals surface area contributed by atoms with E-state index in [2.05, 4.69) is 37.9 Å². The third-order valence-corrected chi connectivity index (χ3v) is 2.59. The summed E-state index contributed by atoms with van der Waals surface area (Å²) >= 11 is 6.06. The van der Waals surface area contributed by atoms with Crippen molar-refractivity contribution in [2.24, 2.45) is 0 Å². The smallest absolute Gasteiger partial charge is 0.225 e. The van der Waals surface area contributed by atoms with Gasteiger partial charge in [-0.2, -0.15) is 0 Å². The SMILES string of the molecule is CCOCC(C)n1c(Cl)nnc1C(C)(C)C. The molecule has 1 atom stereocenters. The van der Waals surface area contributed by atoms with Gasteiger partial charge in [0.15, 0.2) is 0 Å². The van der Waals surface area contributed by atoms with Gasteiger partial charge in [-0.05, 0) is 25.4 Å². The Hall–Kier alpha value is -0.610. The molecule has 5 heteroatoms. The first kappa shape index (κ1) is 13.5. The van der Waals surface area contributed by atoms with Crippen LogP contribution in [0.1, 0.15) is 46.5 Å². The van der Waals surface area contributed by atoms with Crippen LogP contribution in [0.3, 0.4) is 0 Å². The maximum Gasteiger partial charge on any atom is 0.225 e. The second kappa shape index (κ2) is 5.15. The number of nitrogens with zero attached hydrogens (tertiary/aromatic N) is 3. The van der Waals surface area contributed by atoms with Gasteiger partial charge in [-0.25, -0.2) is 0 Å². The fraction of sp³-hybridized carbons (Fsp3) is 0.818. The minimum absolute atomic E-state index is 0.0688. The summed E-state index contributed by atoms with van der Waals surface area (Å²) in [5, 5.41) is 8.50. The van der Waals surface area contributed by atoms with Crippen LogP contribution in [0.2, 0.25) is 5.28 Å². The van der Waals surface area contributed by atoms with E-state index in [1.165, 1.54) is 0 Å². The molecule has 4 nitrogen and oxygen atoms in total. The number of rotatable bonds is 4. The lowest BCUT2D eigenvalue weighted by atomic mass is 9.95. The number of hydrogen-bond donors (Lipinski definition) is 0. The van der Waals surface area contributed by atoms with E-state index >= 15 is 0 Å². The summed E-state index contributed by atoms with van der Waals surface area (Å²) in [7, 11) is 0. The summed E-state index contributed by atoms with van der Waals surface area (Å²) in [6.45, 7) is 11.6. The number of halogens is 1. The molecule has 1 rings (SSSR count). The summed E-state index contributed by atoms with van der Waals surface area (Å²) in [4.78, 5) is 0. The highest BCUT2D eigenvalue weighted by atomic mass is 35.5. The van der Waals surface area contributed by atoms with Crippen molar-refractivity contribution in [1.29, 1.82) is 0 Å². The van der Waals surface area contributed by atoms with Crippen LogP contribution in [0, 0.1) is 0 Å². The number of ether oxygens (including phenoxy) is 1. The van der Waals surface area contributed by atoms with Crippen LogP contribution in [-0.2, 0) is 10.2 Å². The van der Waals surface area contributed by atoms with E-state index in [4.69, 9.17) is 16.3 Å². The molecule has 0 saturated carbocycles. The predicted molar refractivity (Wildman–Crippen MR) is 64.9 cm³/mol. The first-order valence-corrected chi connectivity index (χ1v) is 5.94. The van der Waals surface area contributed by atoms with E-state index in [1.807, 2.05) is 11.5 Å². The Morgan fingerprint density at radius 1 is 1.38 bits per heavy atom. The molecule has 0 aromatic carbocycles. The van der Waals surface area contributed by atoms with Crippen molar-refractivity contribution in [3.05, 3.63) is 11.1 Å². The van der Waals surface area contributed by atoms with Gasteiger partial charge < -0.3 is 4.74 Å². The van der Waals surface area contributed by atoms with Gasteiger partial charge in [0.05, 0.1) is 12.6 Å². The lowest BCUT2D eigenvalue weighted by molar-refractivity contribution is 0.117. The molecule has 0 amide bonds. The van der Waals surface area contributed by atoms with Gasteiger partial charge in [0.25, 0.3) is 0 Å². The quantitative estimate of drug-likeness (QED) is 0.819. The standard InChI is InChI=1S/C11H20ClN3O/c1-6-16-7-8(2)15-9(11(3,4)5)13-14-10(15)12/h8H,6-7H2,1-5H3. The van der Waals surface area contributed by atoms with E-state index in [0.717, 1.165) is 5.82 Å². The van der Waals surface area contributed by atoms with Gasteiger partial charge in [-0.1, -0.05) is 20.8 Å². The Kier molecular flexibility index (Phi) is 4.33. The van der Waals surface area contributed by atoms with E-state index in [-0.39, 0.29) is 11.5 Å². The molecule has 0 N–H and O–H groups in total. The molecule has 1 aromatic heterocycles. The number of hydrogen-bond acceptors (Lipinski definition) is 3. The maximum absolute atomic E-state index is 6.06. The lowest BCUT2D eigenvalue weighted by Gasteiger charge is -2.23. The van der Waals surface area contributed by atoms with Crippen LogP contribution in [0.4, 0.5) is 0 Å². The van der Waals surface area contributed by atoms with Crippen molar-refractivity contribution in [2.75, 3.05) is 13.2 Å². The van der Waals surface area contributed by atoms with Crippen LogP contribution in [0.15, 0.2) is 0 Å². The van der Waals surface area contributed by atoms with E-state index in [1.54, 1.807) is 0 Å². The van der Waals surface area contributed by atoms with Crippen LogP contribution < -0.4 is 0 Å². The second-order valence-corrected chi connectivity index (χ2v) is 5.26. The van der Waals surface area contributed by atoms with Crippen molar-refractivity contribution in [2.45, 2.75) is 46.1 Å². The summed E-state index contributed by atoms with van der Waals surface area (Å²) in [5.74, 6) is 0.893. The van der Waals surface area contributed by atoms with Gasteiger partial charge in [0.2, 0.25) is 5.28 Å². The Bertz CT molecular complexity index is 343. The molecule has 0 aliphatic carbocycles. The molecular weight excluding hydrogens is 226 g/mol. The monoisotopic (exact) mass is 245 g/mol. The molecule has 0 radical (unpaired) electrons. The van der Waals surface area contributed by atoms with E-state index in [9.17, 15) is 0 Å². The third kappa shape index (κ3) is 2.95. The first-order chi connectivity index (χ1) is 7.38. The van der Waals surface area contributed by atoms with Gasteiger partial charge in [0.1, 0.15) is 5.82 Å². The fourth-order valence-corrected chi connectivity index (χ4v) is 1.82. The highest BCUT2D eigenvalue weighted by molar-refractivity contribution is 6.28. The van der Waals surface area contributed by atoms with Crippen molar-refractivity contribution < 1.29 is 4.74 Å². The highest BCUT2D eigenvalue weighted by Crippen LogP contribution is 2.26. The zero-order valence-electron chi connectivity index (χ0n) is 10.6. The van der Waals surface area contributed by atoms with Gasteiger partial charge >= 0.3 is 0 Å². The zero-order valence-corrected chi connectivity index (χ0v) is 11.4. The average Bonchev–Trinajstić information content (AvgIpc) is 2.56. The Balaban J connectivity index is 2.97. The Morgan fingerprint density at radius 3 is 2.50 bits per heavy atom. The minimum Gasteiger partial charge on any atom is -0.380 e. The summed E-state index contributed by atoms with van der Waals surface area (Å²) in [5.41, 5.74) is -0.0688. The topological polar surface area (TPSA) is 39.9 Å². The van der Waals surface area contributed by atoms with Crippen LogP contribution in [0.5, 0.6) is 0 Å². The van der Waals surface area contributed by atoms with Crippen LogP contribution in [0.25, 0.3) is 0 Å². The number of aromatic nitrogens is 3. The van der Waals surface area contributed by atoms with Crippen molar-refractivity contribution in [3.8, 4) is 0 Å². The summed E-state index contributed by atoms with van der Waals surface area (Å²) in [6, 6.07) is 0.150.